The molecule has 78 valence electrons. The van der Waals surface area contributed by atoms with E-state index in [1.165, 1.54) is 11.3 Å². The molecule has 6 heteroatoms. The quantitative estimate of drug-likeness (QED) is 0.744. The van der Waals surface area contributed by atoms with E-state index in [4.69, 9.17) is 9.26 Å². The van der Waals surface area contributed by atoms with E-state index < -0.39 is 0 Å². The van der Waals surface area contributed by atoms with E-state index in [2.05, 4.69) is 10.1 Å². The van der Waals surface area contributed by atoms with Gasteiger partial charge in [-0.1, -0.05) is 11.2 Å². The fourth-order valence-electron chi connectivity index (χ4n) is 0.996. The van der Waals surface area contributed by atoms with Crippen molar-refractivity contribution in [2.75, 3.05) is 0 Å². The molecule has 0 aromatic carbocycles. The molecule has 0 aliphatic carbocycles. The Morgan fingerprint density at radius 1 is 1.67 bits per heavy atom. The Balaban J connectivity index is 1.91. The van der Waals surface area contributed by atoms with Gasteiger partial charge >= 0.3 is 5.97 Å². The molecule has 0 radical (unpaired) electrons. The molecule has 0 amide bonds. The Bertz CT molecular complexity index is 450. The van der Waals surface area contributed by atoms with Gasteiger partial charge in [0.1, 0.15) is 4.88 Å². The van der Waals surface area contributed by atoms with Crippen LogP contribution >= 0.6 is 11.3 Å². The minimum absolute atomic E-state index is 0.0358. The Morgan fingerprint density at radius 2 is 2.53 bits per heavy atom. The van der Waals surface area contributed by atoms with Crippen molar-refractivity contribution >= 4 is 17.3 Å². The van der Waals surface area contributed by atoms with Crippen molar-refractivity contribution in [2.45, 2.75) is 13.5 Å². The molecule has 0 spiro atoms. The highest BCUT2D eigenvalue weighted by atomic mass is 32.1. The molecular weight excluding hydrogens is 216 g/mol. The highest BCUT2D eigenvalue weighted by molar-refractivity contribution is 7.11. The lowest BCUT2D eigenvalue weighted by Crippen LogP contribution is -2.04. The van der Waals surface area contributed by atoms with Gasteiger partial charge in [-0.3, -0.25) is 0 Å². The lowest BCUT2D eigenvalue weighted by molar-refractivity contribution is 0.0465. The predicted molar refractivity (Wildman–Crippen MR) is 52.5 cm³/mol. The average Bonchev–Trinajstić information content (AvgIpc) is 2.84. The fourth-order valence-corrected chi connectivity index (χ4v) is 1.61. The lowest BCUT2D eigenvalue weighted by atomic mass is 10.5. The van der Waals surface area contributed by atoms with Gasteiger partial charge in [-0.05, 0) is 11.4 Å². The van der Waals surface area contributed by atoms with Crippen LogP contribution in [0.15, 0.2) is 22.0 Å². The molecule has 0 atom stereocenters. The molecule has 2 rings (SSSR count). The number of aromatic nitrogens is 2. The monoisotopic (exact) mass is 224 g/mol. The van der Waals surface area contributed by atoms with Crippen molar-refractivity contribution in [3.05, 3.63) is 34.1 Å². The van der Waals surface area contributed by atoms with E-state index in [0.717, 1.165) is 0 Å². The summed E-state index contributed by atoms with van der Waals surface area (Å²) < 4.78 is 9.71. The van der Waals surface area contributed by atoms with E-state index in [1.54, 1.807) is 19.1 Å². The maximum Gasteiger partial charge on any atom is 0.348 e. The Labute approximate surface area is 89.7 Å². The summed E-state index contributed by atoms with van der Waals surface area (Å²) in [5, 5.41) is 5.42. The summed E-state index contributed by atoms with van der Waals surface area (Å²) >= 11 is 1.33. The number of aryl methyl sites for hydroxylation is 1. The largest absolute Gasteiger partial charge is 0.453 e. The fraction of sp³-hybridized carbons (Fsp3) is 0.222. The van der Waals surface area contributed by atoms with Gasteiger partial charge in [0.25, 0.3) is 0 Å². The van der Waals surface area contributed by atoms with Crippen LogP contribution in [0.2, 0.25) is 0 Å². The minimum atomic E-state index is -0.368. The normalized spacial score (nSPS) is 10.2. The van der Waals surface area contributed by atoms with Crippen LogP contribution in [-0.2, 0) is 11.3 Å². The van der Waals surface area contributed by atoms with Crippen molar-refractivity contribution in [3.8, 4) is 0 Å². The van der Waals surface area contributed by atoms with Crippen LogP contribution in [0.5, 0.6) is 0 Å². The highest BCUT2D eigenvalue weighted by Crippen LogP contribution is 2.10. The van der Waals surface area contributed by atoms with Crippen molar-refractivity contribution in [1.29, 1.82) is 0 Å². The molecule has 0 saturated heterocycles. The van der Waals surface area contributed by atoms with Crippen molar-refractivity contribution in [3.63, 3.8) is 0 Å². The van der Waals surface area contributed by atoms with Crippen LogP contribution in [0.25, 0.3) is 0 Å². The maximum absolute atomic E-state index is 11.4. The van der Waals surface area contributed by atoms with Gasteiger partial charge in [-0.15, -0.1) is 11.3 Å². The third-order valence-corrected chi connectivity index (χ3v) is 2.47. The van der Waals surface area contributed by atoms with Gasteiger partial charge in [0, 0.05) is 6.92 Å². The summed E-state index contributed by atoms with van der Waals surface area (Å²) in [6.45, 7) is 1.71. The van der Waals surface area contributed by atoms with E-state index in [9.17, 15) is 4.79 Å². The molecule has 0 aliphatic rings. The molecule has 2 aromatic rings. The SMILES string of the molecule is Cc1nc(COC(=O)c2cccs2)no1. The first-order valence-electron chi connectivity index (χ1n) is 4.25. The van der Waals surface area contributed by atoms with Crippen LogP contribution < -0.4 is 0 Å². The second-order valence-electron chi connectivity index (χ2n) is 2.78. The molecule has 2 heterocycles. The molecule has 0 fully saturated rings. The van der Waals surface area contributed by atoms with Crippen LogP contribution in [-0.4, -0.2) is 16.1 Å². The zero-order chi connectivity index (χ0) is 10.7. The Kier molecular flexibility index (Phi) is 2.77. The first kappa shape index (κ1) is 9.85. The average molecular weight is 224 g/mol. The molecular formula is C9H8N2O3S. The van der Waals surface area contributed by atoms with Gasteiger partial charge in [0.05, 0.1) is 0 Å². The number of nitrogens with zero attached hydrogens (tertiary/aromatic N) is 2. The second-order valence-corrected chi connectivity index (χ2v) is 3.73. The van der Waals surface area contributed by atoms with Crippen molar-refractivity contribution in [1.82, 2.24) is 10.1 Å². The lowest BCUT2D eigenvalue weighted by Gasteiger charge is -1.97. The van der Waals surface area contributed by atoms with E-state index >= 15 is 0 Å². The first-order chi connectivity index (χ1) is 7.25. The number of ether oxygens (including phenoxy) is 1. The Morgan fingerprint density at radius 3 is 3.13 bits per heavy atom. The predicted octanol–water partition coefficient (Wildman–Crippen LogP) is 1.80. The molecule has 15 heavy (non-hydrogen) atoms. The van der Waals surface area contributed by atoms with E-state index in [1.807, 2.05) is 5.38 Å². The number of carbonyl (C=O) groups is 1. The van der Waals surface area contributed by atoms with Gasteiger partial charge in [-0.25, -0.2) is 4.79 Å². The third kappa shape index (κ3) is 2.41. The number of carbonyl (C=O) groups excluding carboxylic acids is 1. The van der Waals surface area contributed by atoms with Gasteiger partial charge in [0.2, 0.25) is 11.7 Å². The number of rotatable bonds is 3. The van der Waals surface area contributed by atoms with Crippen LogP contribution in [0.1, 0.15) is 21.4 Å². The number of hydrogen-bond acceptors (Lipinski definition) is 6. The standard InChI is InChI=1S/C9H8N2O3S/c1-6-10-8(11-14-6)5-13-9(12)7-3-2-4-15-7/h2-4H,5H2,1H3. The summed E-state index contributed by atoms with van der Waals surface area (Å²) in [7, 11) is 0. The second kappa shape index (κ2) is 4.22. The van der Waals surface area contributed by atoms with Crippen LogP contribution in [0.3, 0.4) is 0 Å². The molecule has 5 nitrogen and oxygen atoms in total. The molecule has 0 unspecified atom stereocenters. The summed E-state index contributed by atoms with van der Waals surface area (Å²) in [5.41, 5.74) is 0. The van der Waals surface area contributed by atoms with E-state index in [-0.39, 0.29) is 12.6 Å². The Hall–Kier alpha value is -1.69. The highest BCUT2D eigenvalue weighted by Gasteiger charge is 2.10. The zero-order valence-electron chi connectivity index (χ0n) is 7.97. The van der Waals surface area contributed by atoms with Crippen molar-refractivity contribution < 1.29 is 14.1 Å². The number of thiophene rings is 1. The molecule has 0 aliphatic heterocycles. The summed E-state index contributed by atoms with van der Waals surface area (Å²) in [4.78, 5) is 15.9. The smallest absolute Gasteiger partial charge is 0.348 e. The van der Waals surface area contributed by atoms with Crippen LogP contribution in [0.4, 0.5) is 0 Å². The van der Waals surface area contributed by atoms with Crippen LogP contribution in [0, 0.1) is 6.92 Å². The number of hydrogen-bond donors (Lipinski definition) is 0. The summed E-state index contributed by atoms with van der Waals surface area (Å²) in [6, 6.07) is 3.49. The van der Waals surface area contributed by atoms with E-state index in [0.29, 0.717) is 16.6 Å². The molecule has 0 bridgehead atoms. The summed E-state index contributed by atoms with van der Waals surface area (Å²) in [6.07, 6.45) is 0. The van der Waals surface area contributed by atoms with Crippen molar-refractivity contribution in [2.24, 2.45) is 0 Å². The number of esters is 1. The zero-order valence-corrected chi connectivity index (χ0v) is 8.78. The van der Waals surface area contributed by atoms with Gasteiger partial charge in [-0.2, -0.15) is 4.98 Å². The molecule has 0 saturated carbocycles. The first-order valence-corrected chi connectivity index (χ1v) is 5.13. The molecule has 0 N–H and O–H groups in total. The molecule has 2 aromatic heterocycles. The van der Waals surface area contributed by atoms with Gasteiger partial charge in [0.15, 0.2) is 6.61 Å². The van der Waals surface area contributed by atoms with Gasteiger partial charge < -0.3 is 9.26 Å². The maximum atomic E-state index is 11.4. The summed E-state index contributed by atoms with van der Waals surface area (Å²) in [5.74, 6) is 0.460. The third-order valence-electron chi connectivity index (χ3n) is 1.62. The minimum Gasteiger partial charge on any atom is -0.453 e. The topological polar surface area (TPSA) is 65.2 Å².